The summed E-state index contributed by atoms with van der Waals surface area (Å²) in [4.78, 5) is 38.9. The fourth-order valence-electron chi connectivity index (χ4n) is 2.94. The second-order valence-corrected chi connectivity index (χ2v) is 6.10. The number of benzene rings is 2. The average molecular weight is 412 g/mol. The van der Waals surface area contributed by atoms with Crippen molar-refractivity contribution < 1.29 is 33.3 Å². The number of nitrogens with zero attached hydrogens (tertiary/aromatic N) is 1. The maximum absolute atomic E-state index is 13.2. The van der Waals surface area contributed by atoms with E-state index in [4.69, 9.17) is 18.9 Å². The van der Waals surface area contributed by atoms with Gasteiger partial charge in [0, 0.05) is 17.7 Å². The molecule has 9 heteroatoms. The summed E-state index contributed by atoms with van der Waals surface area (Å²) in [6, 6.07) is 8.67. The summed E-state index contributed by atoms with van der Waals surface area (Å²) >= 11 is 0. The van der Waals surface area contributed by atoms with Crippen molar-refractivity contribution in [3.05, 3.63) is 47.5 Å². The number of rotatable bonds is 6. The molecule has 0 radical (unpaired) electrons. The molecule has 0 aliphatic carbocycles. The van der Waals surface area contributed by atoms with Crippen LogP contribution in [0.4, 0.5) is 10.5 Å². The predicted octanol–water partition coefficient (Wildman–Crippen LogP) is 2.39. The predicted molar refractivity (Wildman–Crippen MR) is 108 cm³/mol. The molecule has 0 saturated carbocycles. The first-order valence-electron chi connectivity index (χ1n) is 8.79. The lowest BCUT2D eigenvalue weighted by molar-refractivity contribution is -0.122. The Kier molecular flexibility index (Phi) is 5.91. The van der Waals surface area contributed by atoms with Gasteiger partial charge in [0.25, 0.3) is 11.8 Å². The Bertz CT molecular complexity index is 1050. The van der Waals surface area contributed by atoms with Crippen molar-refractivity contribution in [3.8, 4) is 23.0 Å². The zero-order valence-corrected chi connectivity index (χ0v) is 16.8. The Morgan fingerprint density at radius 2 is 1.43 bits per heavy atom. The topological polar surface area (TPSA) is 103 Å². The molecule has 1 fully saturated rings. The van der Waals surface area contributed by atoms with Gasteiger partial charge in [-0.1, -0.05) is 0 Å². The van der Waals surface area contributed by atoms with Crippen LogP contribution in [0.25, 0.3) is 6.08 Å². The van der Waals surface area contributed by atoms with Crippen LogP contribution < -0.4 is 29.2 Å². The Labute approximate surface area is 172 Å². The van der Waals surface area contributed by atoms with Gasteiger partial charge in [-0.2, -0.15) is 0 Å². The molecule has 2 aromatic rings. The molecule has 156 valence electrons. The highest BCUT2D eigenvalue weighted by atomic mass is 16.5. The number of urea groups is 1. The first kappa shape index (κ1) is 20.7. The molecule has 4 amide bonds. The highest BCUT2D eigenvalue weighted by molar-refractivity contribution is 6.39. The highest BCUT2D eigenvalue weighted by Gasteiger charge is 2.38. The van der Waals surface area contributed by atoms with Gasteiger partial charge < -0.3 is 18.9 Å². The molecule has 30 heavy (non-hydrogen) atoms. The number of hydrogen-bond donors (Lipinski definition) is 1. The van der Waals surface area contributed by atoms with Gasteiger partial charge in [0.1, 0.15) is 28.6 Å². The average Bonchev–Trinajstić information content (AvgIpc) is 2.76. The zero-order valence-electron chi connectivity index (χ0n) is 16.8. The number of nitrogens with one attached hydrogen (secondary N) is 1. The minimum Gasteiger partial charge on any atom is -0.497 e. The number of anilines is 1. The number of hydrogen-bond acceptors (Lipinski definition) is 7. The molecule has 3 rings (SSSR count). The van der Waals surface area contributed by atoms with E-state index in [9.17, 15) is 14.4 Å². The summed E-state index contributed by atoms with van der Waals surface area (Å²) in [6.07, 6.45) is 1.35. The van der Waals surface area contributed by atoms with Crippen molar-refractivity contribution in [2.45, 2.75) is 0 Å². The molecular formula is C21H20N2O7. The number of carbonyl (C=O) groups excluding carboxylic acids is 3. The molecule has 1 N–H and O–H groups in total. The van der Waals surface area contributed by atoms with E-state index < -0.39 is 17.8 Å². The number of ether oxygens (including phenoxy) is 4. The summed E-state index contributed by atoms with van der Waals surface area (Å²) in [5, 5.41) is 2.17. The first-order chi connectivity index (χ1) is 14.4. The SMILES string of the molecule is COc1ccc(C=C2C(=O)NC(=O)N(c3cc(OC)ccc3OC)C2=O)c(OC)c1. The Morgan fingerprint density at radius 3 is 2.07 bits per heavy atom. The van der Waals surface area contributed by atoms with E-state index in [2.05, 4.69) is 5.32 Å². The molecule has 0 spiro atoms. The van der Waals surface area contributed by atoms with Crippen LogP contribution in [0.2, 0.25) is 0 Å². The Morgan fingerprint density at radius 1 is 0.800 bits per heavy atom. The maximum atomic E-state index is 13.2. The normalized spacial score (nSPS) is 15.1. The molecule has 1 heterocycles. The van der Waals surface area contributed by atoms with E-state index in [1.165, 1.54) is 40.6 Å². The zero-order chi connectivity index (χ0) is 21.8. The van der Waals surface area contributed by atoms with Crippen LogP contribution in [0, 0.1) is 0 Å². The third-order valence-electron chi connectivity index (χ3n) is 4.47. The number of carbonyl (C=O) groups is 3. The van der Waals surface area contributed by atoms with E-state index in [1.54, 1.807) is 30.3 Å². The third-order valence-corrected chi connectivity index (χ3v) is 4.47. The largest absolute Gasteiger partial charge is 0.497 e. The lowest BCUT2D eigenvalue weighted by atomic mass is 10.1. The molecule has 9 nitrogen and oxygen atoms in total. The molecule has 0 unspecified atom stereocenters. The van der Waals surface area contributed by atoms with Crippen molar-refractivity contribution >= 4 is 29.6 Å². The molecular weight excluding hydrogens is 392 g/mol. The summed E-state index contributed by atoms with van der Waals surface area (Å²) < 4.78 is 20.9. The molecule has 0 atom stereocenters. The quantitative estimate of drug-likeness (QED) is 0.574. The van der Waals surface area contributed by atoms with Crippen LogP contribution in [-0.4, -0.2) is 46.3 Å². The van der Waals surface area contributed by atoms with Crippen molar-refractivity contribution in [3.63, 3.8) is 0 Å². The molecule has 0 aromatic heterocycles. The molecule has 1 saturated heterocycles. The molecule has 1 aliphatic rings. The van der Waals surface area contributed by atoms with Crippen LogP contribution in [-0.2, 0) is 9.59 Å². The van der Waals surface area contributed by atoms with E-state index >= 15 is 0 Å². The van der Waals surface area contributed by atoms with Crippen LogP contribution in [0.3, 0.4) is 0 Å². The van der Waals surface area contributed by atoms with Crippen molar-refractivity contribution in [1.29, 1.82) is 0 Å². The minimum atomic E-state index is -0.893. The Hall–Kier alpha value is -4.01. The van der Waals surface area contributed by atoms with Crippen molar-refractivity contribution in [2.24, 2.45) is 0 Å². The van der Waals surface area contributed by atoms with E-state index in [-0.39, 0.29) is 17.0 Å². The fourth-order valence-corrected chi connectivity index (χ4v) is 2.94. The summed E-state index contributed by atoms with van der Waals surface area (Å²) in [5.74, 6) is -0.0222. The van der Waals surface area contributed by atoms with Crippen LogP contribution in [0.5, 0.6) is 23.0 Å². The number of barbiturate groups is 1. The van der Waals surface area contributed by atoms with Gasteiger partial charge >= 0.3 is 6.03 Å². The number of amides is 4. The number of methoxy groups -OCH3 is 4. The minimum absolute atomic E-state index is 0.138. The monoisotopic (exact) mass is 412 g/mol. The Balaban J connectivity index is 2.09. The lowest BCUT2D eigenvalue weighted by Gasteiger charge is -2.27. The van der Waals surface area contributed by atoms with Gasteiger partial charge in [0.15, 0.2) is 0 Å². The fraction of sp³-hybridized carbons (Fsp3) is 0.190. The van der Waals surface area contributed by atoms with Gasteiger partial charge in [-0.3, -0.25) is 14.9 Å². The van der Waals surface area contributed by atoms with Crippen molar-refractivity contribution in [1.82, 2.24) is 5.32 Å². The summed E-state index contributed by atoms with van der Waals surface area (Å²) in [5.41, 5.74) is 0.353. The van der Waals surface area contributed by atoms with Crippen molar-refractivity contribution in [2.75, 3.05) is 33.3 Å². The van der Waals surface area contributed by atoms with E-state index in [1.807, 2.05) is 0 Å². The van der Waals surface area contributed by atoms with Gasteiger partial charge in [-0.15, -0.1) is 0 Å². The van der Waals surface area contributed by atoms with E-state index in [0.717, 1.165) is 4.90 Å². The third kappa shape index (κ3) is 3.77. The van der Waals surface area contributed by atoms with Gasteiger partial charge in [-0.25, -0.2) is 9.69 Å². The lowest BCUT2D eigenvalue weighted by Crippen LogP contribution is -2.54. The molecule has 2 aromatic carbocycles. The maximum Gasteiger partial charge on any atom is 0.336 e. The van der Waals surface area contributed by atoms with Crippen LogP contribution >= 0.6 is 0 Å². The highest BCUT2D eigenvalue weighted by Crippen LogP contribution is 2.35. The van der Waals surface area contributed by atoms with Gasteiger partial charge in [0.2, 0.25) is 0 Å². The molecule has 0 bridgehead atoms. The van der Waals surface area contributed by atoms with Gasteiger partial charge in [0.05, 0.1) is 34.1 Å². The van der Waals surface area contributed by atoms with Gasteiger partial charge in [-0.05, 0) is 30.3 Å². The summed E-state index contributed by atoms with van der Waals surface area (Å²) in [6.45, 7) is 0. The van der Waals surface area contributed by atoms with Crippen LogP contribution in [0.15, 0.2) is 42.0 Å². The number of imide groups is 2. The van der Waals surface area contributed by atoms with Crippen LogP contribution in [0.1, 0.15) is 5.56 Å². The second-order valence-electron chi connectivity index (χ2n) is 6.10. The molecule has 1 aliphatic heterocycles. The smallest absolute Gasteiger partial charge is 0.336 e. The standard InChI is InChI=1S/C21H20N2O7/c1-27-13-7-8-17(29-3)16(10-13)23-20(25)15(19(24)22-21(23)26)9-12-5-6-14(28-2)11-18(12)30-4/h5-11H,1-4H3,(H,22,24,26). The van der Waals surface area contributed by atoms with E-state index in [0.29, 0.717) is 22.8 Å². The first-order valence-corrected chi connectivity index (χ1v) is 8.79. The summed E-state index contributed by atoms with van der Waals surface area (Å²) in [7, 11) is 5.82. The second kappa shape index (κ2) is 8.56.